The lowest BCUT2D eigenvalue weighted by Crippen LogP contribution is -2.58. The fourth-order valence-electron chi connectivity index (χ4n) is 3.67. The summed E-state index contributed by atoms with van der Waals surface area (Å²) in [7, 11) is -2.65. The van der Waals surface area contributed by atoms with Gasteiger partial charge in [-0.15, -0.1) is 6.42 Å². The second kappa shape index (κ2) is 7.69. The van der Waals surface area contributed by atoms with Crippen LogP contribution < -0.4 is 11.2 Å². The minimum atomic E-state index is -2.65. The van der Waals surface area contributed by atoms with Gasteiger partial charge < -0.3 is 20.1 Å². The standard InChI is InChI=1S/C17H25FN2O6Si/c1-5-17(10-21)13(23)12(22)15(26-17)19-9-11(18)14(24)20(16(19)25)27(6-2,7-3)8-4/h1,9,12-13,15,21-23H,6-8,10H2,2-4H3/t12?,13?,15-,17-/m0/s1. The molecule has 0 radical (unpaired) electrons. The Labute approximate surface area is 156 Å². The van der Waals surface area contributed by atoms with E-state index in [0.29, 0.717) is 24.3 Å². The molecule has 3 N–H and O–H groups in total. The molecule has 2 unspecified atom stereocenters. The third kappa shape index (κ3) is 3.09. The smallest absolute Gasteiger partial charge is 0.325 e. The normalized spacial score (nSPS) is 28.3. The monoisotopic (exact) mass is 400 g/mol. The number of hydrogen-bond donors (Lipinski definition) is 3. The molecule has 0 aliphatic carbocycles. The van der Waals surface area contributed by atoms with Crippen molar-refractivity contribution in [1.82, 2.24) is 8.80 Å². The molecule has 2 rings (SSSR count). The molecule has 0 bridgehead atoms. The molecule has 0 spiro atoms. The fraction of sp³-hybridized carbons (Fsp3) is 0.647. The molecule has 1 saturated heterocycles. The van der Waals surface area contributed by atoms with Gasteiger partial charge in [0, 0.05) is 0 Å². The number of aromatic nitrogens is 2. The molecule has 1 fully saturated rings. The lowest BCUT2D eigenvalue weighted by molar-refractivity contribution is -0.0940. The first kappa shape index (κ1) is 21.5. The third-order valence-electron chi connectivity index (χ3n) is 5.70. The van der Waals surface area contributed by atoms with Crippen molar-refractivity contribution in [1.29, 1.82) is 0 Å². The van der Waals surface area contributed by atoms with E-state index in [1.807, 2.05) is 20.8 Å². The van der Waals surface area contributed by atoms with Crippen molar-refractivity contribution in [3.63, 3.8) is 0 Å². The number of nitrogens with zero attached hydrogens (tertiary/aromatic N) is 2. The summed E-state index contributed by atoms with van der Waals surface area (Å²) >= 11 is 0. The molecule has 4 atom stereocenters. The molecule has 1 aliphatic heterocycles. The fourth-order valence-corrected chi connectivity index (χ4v) is 7.18. The van der Waals surface area contributed by atoms with Crippen molar-refractivity contribution >= 4 is 8.24 Å². The molecular weight excluding hydrogens is 375 g/mol. The van der Waals surface area contributed by atoms with Crippen molar-refractivity contribution in [2.45, 2.75) is 62.9 Å². The van der Waals surface area contributed by atoms with Gasteiger partial charge in [-0.2, -0.15) is 4.39 Å². The summed E-state index contributed by atoms with van der Waals surface area (Å²) in [5.74, 6) is 0.908. The second-order valence-corrected chi connectivity index (χ2v) is 11.7. The van der Waals surface area contributed by atoms with Crippen LogP contribution in [0, 0.1) is 18.2 Å². The number of aliphatic hydroxyl groups excluding tert-OH is 3. The van der Waals surface area contributed by atoms with Crippen LogP contribution in [0.15, 0.2) is 15.8 Å². The van der Waals surface area contributed by atoms with E-state index >= 15 is 0 Å². The lowest BCUT2D eigenvalue weighted by Gasteiger charge is -2.30. The van der Waals surface area contributed by atoms with E-state index in [2.05, 4.69) is 5.92 Å². The number of aliphatic hydroxyl groups is 3. The molecular formula is C17H25FN2O6Si. The van der Waals surface area contributed by atoms with Crippen LogP contribution in [0.25, 0.3) is 0 Å². The van der Waals surface area contributed by atoms with Crippen molar-refractivity contribution in [3.8, 4) is 12.3 Å². The number of halogens is 1. The maximum atomic E-state index is 14.4. The molecule has 27 heavy (non-hydrogen) atoms. The lowest BCUT2D eigenvalue weighted by atomic mass is 9.97. The minimum absolute atomic E-state index is 0.542. The van der Waals surface area contributed by atoms with E-state index in [1.165, 1.54) is 0 Å². The topological polar surface area (TPSA) is 114 Å². The molecule has 150 valence electrons. The zero-order valence-corrected chi connectivity index (χ0v) is 16.6. The predicted octanol–water partition coefficient (Wildman–Crippen LogP) is -0.383. The van der Waals surface area contributed by atoms with E-state index in [4.69, 9.17) is 11.2 Å². The number of hydrogen-bond acceptors (Lipinski definition) is 6. The summed E-state index contributed by atoms with van der Waals surface area (Å²) in [5, 5.41) is 30.0. The molecule has 1 aliphatic rings. The van der Waals surface area contributed by atoms with Crippen LogP contribution in [0.2, 0.25) is 18.1 Å². The van der Waals surface area contributed by atoms with Crippen molar-refractivity contribution in [3.05, 3.63) is 32.9 Å². The first-order valence-electron chi connectivity index (χ1n) is 8.85. The Hall–Kier alpha value is -1.77. The third-order valence-corrected chi connectivity index (χ3v) is 11.0. The van der Waals surface area contributed by atoms with Gasteiger partial charge in [-0.1, -0.05) is 26.7 Å². The van der Waals surface area contributed by atoms with Crippen LogP contribution in [0.5, 0.6) is 0 Å². The Morgan fingerprint density at radius 1 is 1.30 bits per heavy atom. The average Bonchev–Trinajstić information content (AvgIpc) is 2.93. The van der Waals surface area contributed by atoms with Gasteiger partial charge in [-0.05, 0) is 18.1 Å². The maximum absolute atomic E-state index is 14.4. The van der Waals surface area contributed by atoms with Crippen LogP contribution in [0.1, 0.15) is 27.0 Å². The molecule has 0 amide bonds. The second-order valence-electron chi connectivity index (χ2n) is 6.73. The maximum Gasteiger partial charge on any atom is 0.325 e. The predicted molar refractivity (Wildman–Crippen MR) is 98.3 cm³/mol. The molecule has 0 saturated carbocycles. The number of ether oxygens (including phenoxy) is 1. The Kier molecular flexibility index (Phi) is 6.13. The molecule has 8 nitrogen and oxygen atoms in total. The number of rotatable bonds is 6. The quantitative estimate of drug-likeness (QED) is 0.443. The highest BCUT2D eigenvalue weighted by atomic mass is 28.3. The molecule has 2 heterocycles. The molecule has 1 aromatic rings. The Morgan fingerprint density at radius 2 is 1.85 bits per heavy atom. The van der Waals surface area contributed by atoms with Crippen LogP contribution in [0.4, 0.5) is 4.39 Å². The van der Waals surface area contributed by atoms with E-state index in [1.54, 1.807) is 0 Å². The first-order chi connectivity index (χ1) is 12.7. The van der Waals surface area contributed by atoms with Gasteiger partial charge in [-0.3, -0.25) is 13.6 Å². The van der Waals surface area contributed by atoms with Gasteiger partial charge >= 0.3 is 5.69 Å². The Morgan fingerprint density at radius 3 is 2.26 bits per heavy atom. The van der Waals surface area contributed by atoms with Crippen molar-refractivity contribution in [2.24, 2.45) is 0 Å². The van der Waals surface area contributed by atoms with Crippen LogP contribution in [0.3, 0.4) is 0 Å². The summed E-state index contributed by atoms with van der Waals surface area (Å²) in [5.41, 5.74) is -3.78. The van der Waals surface area contributed by atoms with Gasteiger partial charge in [-0.25, -0.2) is 4.79 Å². The summed E-state index contributed by atoms with van der Waals surface area (Å²) < 4.78 is 21.6. The van der Waals surface area contributed by atoms with Crippen LogP contribution in [-0.2, 0) is 4.74 Å². The van der Waals surface area contributed by atoms with E-state index in [9.17, 15) is 29.3 Å². The van der Waals surface area contributed by atoms with Gasteiger partial charge in [0.1, 0.15) is 12.2 Å². The van der Waals surface area contributed by atoms with E-state index in [0.717, 1.165) is 8.80 Å². The van der Waals surface area contributed by atoms with Gasteiger partial charge in [0.2, 0.25) is 5.82 Å². The Balaban J connectivity index is 2.73. The van der Waals surface area contributed by atoms with Crippen LogP contribution >= 0.6 is 0 Å². The minimum Gasteiger partial charge on any atom is -0.392 e. The largest absolute Gasteiger partial charge is 0.392 e. The number of terminal acetylenes is 1. The van der Waals surface area contributed by atoms with Gasteiger partial charge in [0.25, 0.3) is 5.56 Å². The summed E-state index contributed by atoms with van der Waals surface area (Å²) in [4.78, 5) is 25.5. The SMILES string of the molecule is C#C[C@@]1(CO)O[C@H](n2cc(F)c(=O)n([Si](CC)(CC)CC)c2=O)C(O)C1O. The van der Waals surface area contributed by atoms with E-state index < -0.39 is 55.9 Å². The average molecular weight is 400 g/mol. The van der Waals surface area contributed by atoms with Crippen LogP contribution in [-0.4, -0.2) is 56.8 Å². The van der Waals surface area contributed by atoms with Crippen molar-refractivity contribution in [2.75, 3.05) is 6.61 Å². The highest BCUT2D eigenvalue weighted by Crippen LogP contribution is 2.36. The highest BCUT2D eigenvalue weighted by Gasteiger charge is 2.54. The summed E-state index contributed by atoms with van der Waals surface area (Å²) in [6.45, 7) is 4.73. The summed E-state index contributed by atoms with van der Waals surface area (Å²) in [6, 6.07) is 1.63. The molecule has 1 aromatic heterocycles. The summed E-state index contributed by atoms with van der Waals surface area (Å²) in [6.07, 6.45) is 1.02. The first-order valence-corrected chi connectivity index (χ1v) is 11.4. The zero-order valence-electron chi connectivity index (χ0n) is 15.6. The van der Waals surface area contributed by atoms with Gasteiger partial charge in [0.15, 0.2) is 20.1 Å². The molecule has 0 aromatic carbocycles. The zero-order chi connectivity index (χ0) is 20.6. The van der Waals surface area contributed by atoms with E-state index in [-0.39, 0.29) is 0 Å². The van der Waals surface area contributed by atoms with Crippen molar-refractivity contribution < 1.29 is 24.4 Å². The Bertz CT molecular complexity index is 850. The molecule has 10 heteroatoms. The van der Waals surface area contributed by atoms with Gasteiger partial charge in [0.05, 0.1) is 12.8 Å². The highest BCUT2D eigenvalue weighted by molar-refractivity contribution is 6.78.